The molecule has 0 fully saturated rings. The van der Waals surface area contributed by atoms with Gasteiger partial charge in [0.1, 0.15) is 5.56 Å². The SMILES string of the molecule is Cc1cscc1CNC(=O)c1c[nH]ccc1=O. The normalized spacial score (nSPS) is 10.2. The van der Waals surface area contributed by atoms with Gasteiger partial charge in [-0.3, -0.25) is 9.59 Å². The van der Waals surface area contributed by atoms with Gasteiger partial charge in [-0.05, 0) is 28.8 Å². The summed E-state index contributed by atoms with van der Waals surface area (Å²) in [7, 11) is 0. The van der Waals surface area contributed by atoms with Crippen LogP contribution >= 0.6 is 11.3 Å². The molecule has 0 radical (unpaired) electrons. The molecule has 1 amide bonds. The Labute approximate surface area is 102 Å². The molecule has 0 aliphatic rings. The third-order valence-electron chi connectivity index (χ3n) is 2.47. The minimum atomic E-state index is -0.350. The van der Waals surface area contributed by atoms with Crippen molar-refractivity contribution in [2.45, 2.75) is 13.5 Å². The number of nitrogens with one attached hydrogen (secondary N) is 2. The number of hydrogen-bond donors (Lipinski definition) is 2. The molecule has 17 heavy (non-hydrogen) atoms. The van der Waals surface area contributed by atoms with Crippen LogP contribution in [0.1, 0.15) is 21.5 Å². The molecule has 2 aromatic rings. The van der Waals surface area contributed by atoms with Crippen LogP contribution in [-0.4, -0.2) is 10.9 Å². The van der Waals surface area contributed by atoms with Crippen LogP contribution in [0, 0.1) is 6.92 Å². The van der Waals surface area contributed by atoms with Gasteiger partial charge < -0.3 is 10.3 Å². The fourth-order valence-corrected chi connectivity index (χ4v) is 2.29. The number of pyridine rings is 1. The molecule has 5 heteroatoms. The number of aromatic nitrogens is 1. The van der Waals surface area contributed by atoms with Crippen molar-refractivity contribution in [1.29, 1.82) is 0 Å². The molecule has 2 N–H and O–H groups in total. The van der Waals surface area contributed by atoms with Crippen LogP contribution in [-0.2, 0) is 6.54 Å². The molecule has 88 valence electrons. The predicted octanol–water partition coefficient (Wildman–Crippen LogP) is 1.67. The second-order valence-corrected chi connectivity index (χ2v) is 4.43. The number of rotatable bonds is 3. The number of aryl methyl sites for hydroxylation is 1. The zero-order valence-corrected chi connectivity index (χ0v) is 10.1. The van der Waals surface area contributed by atoms with E-state index in [0.29, 0.717) is 6.54 Å². The predicted molar refractivity (Wildman–Crippen MR) is 67.3 cm³/mol. The Balaban J connectivity index is 2.06. The molecular weight excluding hydrogens is 236 g/mol. The summed E-state index contributed by atoms with van der Waals surface area (Å²) < 4.78 is 0. The van der Waals surface area contributed by atoms with Crippen LogP contribution in [0.2, 0.25) is 0 Å². The van der Waals surface area contributed by atoms with Gasteiger partial charge in [0.15, 0.2) is 5.43 Å². The third-order valence-corrected chi connectivity index (χ3v) is 3.38. The van der Waals surface area contributed by atoms with E-state index < -0.39 is 0 Å². The molecular formula is C12H12N2O2S. The zero-order chi connectivity index (χ0) is 12.3. The number of amides is 1. The molecule has 0 unspecified atom stereocenters. The van der Waals surface area contributed by atoms with Crippen molar-refractivity contribution in [3.8, 4) is 0 Å². The Morgan fingerprint density at radius 1 is 1.47 bits per heavy atom. The van der Waals surface area contributed by atoms with Crippen molar-refractivity contribution in [3.05, 3.63) is 56.1 Å². The number of thiophene rings is 1. The molecule has 2 rings (SSSR count). The first-order valence-electron chi connectivity index (χ1n) is 5.15. The lowest BCUT2D eigenvalue weighted by molar-refractivity contribution is 0.0949. The maximum atomic E-state index is 11.7. The highest BCUT2D eigenvalue weighted by Crippen LogP contribution is 2.12. The minimum absolute atomic E-state index is 0.139. The molecule has 0 aromatic carbocycles. The highest BCUT2D eigenvalue weighted by molar-refractivity contribution is 7.08. The first-order chi connectivity index (χ1) is 8.18. The smallest absolute Gasteiger partial charge is 0.257 e. The lowest BCUT2D eigenvalue weighted by Gasteiger charge is -2.04. The van der Waals surface area contributed by atoms with E-state index in [9.17, 15) is 9.59 Å². The van der Waals surface area contributed by atoms with E-state index in [4.69, 9.17) is 0 Å². The Morgan fingerprint density at radius 2 is 2.29 bits per heavy atom. The van der Waals surface area contributed by atoms with Gasteiger partial charge in [0.25, 0.3) is 5.91 Å². The molecule has 4 nitrogen and oxygen atoms in total. The summed E-state index contributed by atoms with van der Waals surface area (Å²) in [6.45, 7) is 2.44. The molecule has 0 aliphatic carbocycles. The summed E-state index contributed by atoms with van der Waals surface area (Å²) in [5, 5.41) is 6.75. The second-order valence-electron chi connectivity index (χ2n) is 3.68. The third kappa shape index (κ3) is 2.62. The summed E-state index contributed by atoms with van der Waals surface area (Å²) in [6, 6.07) is 1.34. The number of aromatic amines is 1. The average molecular weight is 248 g/mol. The van der Waals surface area contributed by atoms with Crippen molar-refractivity contribution in [2.24, 2.45) is 0 Å². The van der Waals surface area contributed by atoms with Gasteiger partial charge in [-0.25, -0.2) is 0 Å². The Morgan fingerprint density at radius 3 is 2.94 bits per heavy atom. The molecule has 0 saturated carbocycles. The summed E-state index contributed by atoms with van der Waals surface area (Å²) in [5.41, 5.74) is 2.09. The van der Waals surface area contributed by atoms with Crippen LogP contribution in [0.3, 0.4) is 0 Å². The van der Waals surface area contributed by atoms with E-state index >= 15 is 0 Å². The zero-order valence-electron chi connectivity index (χ0n) is 9.32. The summed E-state index contributed by atoms with van der Waals surface area (Å²) in [4.78, 5) is 25.9. The van der Waals surface area contributed by atoms with Crippen LogP contribution in [0.4, 0.5) is 0 Å². The van der Waals surface area contributed by atoms with Gasteiger partial charge in [0.2, 0.25) is 0 Å². The molecule has 0 aliphatic heterocycles. The molecule has 0 spiro atoms. The lowest BCUT2D eigenvalue weighted by Crippen LogP contribution is -2.28. The van der Waals surface area contributed by atoms with Gasteiger partial charge in [0, 0.05) is 25.0 Å². The van der Waals surface area contributed by atoms with Crippen LogP contribution < -0.4 is 10.7 Å². The fraction of sp³-hybridized carbons (Fsp3) is 0.167. The van der Waals surface area contributed by atoms with Crippen molar-refractivity contribution in [1.82, 2.24) is 10.3 Å². The minimum Gasteiger partial charge on any atom is -0.367 e. The first-order valence-corrected chi connectivity index (χ1v) is 6.09. The summed E-state index contributed by atoms with van der Waals surface area (Å²) >= 11 is 1.60. The quantitative estimate of drug-likeness (QED) is 0.868. The first kappa shape index (κ1) is 11.6. The monoisotopic (exact) mass is 248 g/mol. The van der Waals surface area contributed by atoms with Crippen LogP contribution in [0.5, 0.6) is 0 Å². The van der Waals surface area contributed by atoms with Crippen molar-refractivity contribution < 1.29 is 4.79 Å². The number of carbonyl (C=O) groups excluding carboxylic acids is 1. The van der Waals surface area contributed by atoms with E-state index in [1.807, 2.05) is 17.7 Å². The van der Waals surface area contributed by atoms with Gasteiger partial charge in [-0.2, -0.15) is 11.3 Å². The molecule has 0 atom stereocenters. The van der Waals surface area contributed by atoms with Crippen molar-refractivity contribution >= 4 is 17.2 Å². The van der Waals surface area contributed by atoms with Crippen LogP contribution in [0.25, 0.3) is 0 Å². The molecule has 2 aromatic heterocycles. The fourth-order valence-electron chi connectivity index (χ4n) is 1.43. The van der Waals surface area contributed by atoms with Crippen molar-refractivity contribution in [2.75, 3.05) is 0 Å². The highest BCUT2D eigenvalue weighted by Gasteiger charge is 2.09. The molecule has 0 saturated heterocycles. The second kappa shape index (κ2) is 4.97. The highest BCUT2D eigenvalue weighted by atomic mass is 32.1. The Hall–Kier alpha value is -1.88. The maximum absolute atomic E-state index is 11.7. The van der Waals surface area contributed by atoms with E-state index in [0.717, 1.165) is 11.1 Å². The number of carbonyl (C=O) groups is 1. The standard InChI is InChI=1S/C12H12N2O2S/c1-8-6-17-7-9(8)4-14-12(16)10-5-13-3-2-11(10)15/h2-3,5-7H,4H2,1H3,(H,13,15)(H,14,16). The Kier molecular flexibility index (Phi) is 3.39. The van der Waals surface area contributed by atoms with Crippen molar-refractivity contribution in [3.63, 3.8) is 0 Å². The van der Waals surface area contributed by atoms with Gasteiger partial charge >= 0.3 is 0 Å². The average Bonchev–Trinajstić information content (AvgIpc) is 2.72. The van der Waals surface area contributed by atoms with E-state index in [1.165, 1.54) is 18.5 Å². The van der Waals surface area contributed by atoms with Gasteiger partial charge in [0.05, 0.1) is 0 Å². The largest absolute Gasteiger partial charge is 0.367 e. The van der Waals surface area contributed by atoms with E-state index in [2.05, 4.69) is 10.3 Å². The van der Waals surface area contributed by atoms with E-state index in [1.54, 1.807) is 11.3 Å². The lowest BCUT2D eigenvalue weighted by atomic mass is 10.2. The summed E-state index contributed by atoms with van der Waals surface area (Å²) in [6.07, 6.45) is 2.92. The van der Waals surface area contributed by atoms with Gasteiger partial charge in [-0.1, -0.05) is 0 Å². The van der Waals surface area contributed by atoms with E-state index in [-0.39, 0.29) is 16.9 Å². The number of hydrogen-bond acceptors (Lipinski definition) is 3. The molecule has 0 bridgehead atoms. The number of H-pyrrole nitrogens is 1. The Bertz CT molecular complexity index is 586. The molecule has 2 heterocycles. The summed E-state index contributed by atoms with van der Waals surface area (Å²) in [5.74, 6) is -0.350. The topological polar surface area (TPSA) is 62.0 Å². The van der Waals surface area contributed by atoms with Gasteiger partial charge in [-0.15, -0.1) is 0 Å². The maximum Gasteiger partial charge on any atom is 0.257 e. The van der Waals surface area contributed by atoms with Crippen LogP contribution in [0.15, 0.2) is 34.0 Å².